The summed E-state index contributed by atoms with van der Waals surface area (Å²) in [5, 5.41) is 3.80. The minimum absolute atomic E-state index is 0.102. The van der Waals surface area contributed by atoms with Crippen LogP contribution in [0.1, 0.15) is 27.0 Å². The molecule has 160 valence electrons. The lowest BCUT2D eigenvalue weighted by Crippen LogP contribution is -2.46. The second kappa shape index (κ2) is 8.43. The van der Waals surface area contributed by atoms with Crippen molar-refractivity contribution in [3.63, 3.8) is 0 Å². The molecule has 0 saturated carbocycles. The van der Waals surface area contributed by atoms with E-state index in [-0.39, 0.29) is 18.0 Å². The van der Waals surface area contributed by atoms with Crippen LogP contribution in [0.2, 0.25) is 5.02 Å². The lowest BCUT2D eigenvalue weighted by molar-refractivity contribution is -0.00437. The topological polar surface area (TPSA) is 84.5 Å². The van der Waals surface area contributed by atoms with E-state index in [1.54, 1.807) is 60.7 Å². The zero-order valence-electron chi connectivity index (χ0n) is 16.8. The lowest BCUT2D eigenvalue weighted by atomic mass is 9.93. The molecule has 31 heavy (non-hydrogen) atoms. The van der Waals surface area contributed by atoms with Crippen LogP contribution in [-0.4, -0.2) is 27.5 Å². The van der Waals surface area contributed by atoms with Crippen molar-refractivity contribution in [3.8, 4) is 0 Å². The van der Waals surface area contributed by atoms with Gasteiger partial charge in [0.2, 0.25) is 15.7 Å². The molecule has 1 heterocycles. The zero-order valence-corrected chi connectivity index (χ0v) is 18.3. The number of halogens is 1. The molecule has 2 N–H and O–H groups in total. The minimum Gasteiger partial charge on any atom is -0.431 e. The third kappa shape index (κ3) is 4.22. The van der Waals surface area contributed by atoms with Crippen LogP contribution in [-0.2, 0) is 20.5 Å². The smallest absolute Gasteiger partial charge is 0.340 e. The van der Waals surface area contributed by atoms with Crippen LogP contribution in [0, 0.1) is 6.92 Å². The SMILES string of the molecule is Cc1ccc(S(=O)(=O)NCCNC2(c3ccc(Cl)cc3)OC(=O)c3ccccc32)cc1. The summed E-state index contributed by atoms with van der Waals surface area (Å²) < 4.78 is 33.5. The molecule has 3 aromatic carbocycles. The van der Waals surface area contributed by atoms with Crippen molar-refractivity contribution < 1.29 is 17.9 Å². The van der Waals surface area contributed by atoms with Crippen molar-refractivity contribution in [2.24, 2.45) is 0 Å². The summed E-state index contributed by atoms with van der Waals surface area (Å²) >= 11 is 6.03. The van der Waals surface area contributed by atoms with Crippen LogP contribution >= 0.6 is 11.6 Å². The van der Waals surface area contributed by atoms with Crippen LogP contribution < -0.4 is 10.0 Å². The number of carbonyl (C=O) groups is 1. The average Bonchev–Trinajstić information content (AvgIpc) is 3.05. The highest BCUT2D eigenvalue weighted by atomic mass is 35.5. The van der Waals surface area contributed by atoms with Crippen LogP contribution in [0.3, 0.4) is 0 Å². The fraction of sp³-hybridized carbons (Fsp3) is 0.174. The van der Waals surface area contributed by atoms with Gasteiger partial charge in [0.15, 0.2) is 0 Å². The minimum atomic E-state index is -3.65. The molecule has 8 heteroatoms. The first-order chi connectivity index (χ1) is 14.8. The van der Waals surface area contributed by atoms with Crippen molar-refractivity contribution in [1.29, 1.82) is 0 Å². The standard InChI is InChI=1S/C23H21ClN2O4S/c1-16-6-12-19(13-7-16)31(28,29)26-15-14-25-23(17-8-10-18(24)11-9-17)21-5-3-2-4-20(21)22(27)30-23/h2-13,25-26H,14-15H2,1H3. The Morgan fingerprint density at radius 1 is 0.935 bits per heavy atom. The number of hydrogen-bond donors (Lipinski definition) is 2. The van der Waals surface area contributed by atoms with E-state index in [9.17, 15) is 13.2 Å². The summed E-state index contributed by atoms with van der Waals surface area (Å²) in [6.45, 7) is 2.21. The van der Waals surface area contributed by atoms with Crippen LogP contribution in [0.25, 0.3) is 0 Å². The molecule has 0 aromatic heterocycles. The van der Waals surface area contributed by atoms with E-state index in [2.05, 4.69) is 10.0 Å². The van der Waals surface area contributed by atoms with Crippen molar-refractivity contribution in [2.45, 2.75) is 17.5 Å². The predicted molar refractivity (Wildman–Crippen MR) is 118 cm³/mol. The summed E-state index contributed by atoms with van der Waals surface area (Å²) in [6.07, 6.45) is 0. The molecule has 0 spiro atoms. The predicted octanol–water partition coefficient (Wildman–Crippen LogP) is 3.59. The van der Waals surface area contributed by atoms with Gasteiger partial charge in [0, 0.05) is 29.2 Å². The summed E-state index contributed by atoms with van der Waals surface area (Å²) in [6, 6.07) is 20.7. The number of fused-ring (bicyclic) bond motifs is 1. The monoisotopic (exact) mass is 456 g/mol. The Hall–Kier alpha value is -2.71. The van der Waals surface area contributed by atoms with Crippen molar-refractivity contribution in [3.05, 3.63) is 100 Å². The van der Waals surface area contributed by atoms with Crippen molar-refractivity contribution in [2.75, 3.05) is 13.1 Å². The number of esters is 1. The summed E-state index contributed by atoms with van der Waals surface area (Å²) in [4.78, 5) is 12.7. The number of hydrogen-bond acceptors (Lipinski definition) is 5. The van der Waals surface area contributed by atoms with Gasteiger partial charge < -0.3 is 4.74 Å². The van der Waals surface area contributed by atoms with Crippen molar-refractivity contribution in [1.82, 2.24) is 10.0 Å². The summed E-state index contributed by atoms with van der Waals surface area (Å²) in [5.74, 6) is -0.446. The quantitative estimate of drug-likeness (QED) is 0.419. The van der Waals surface area contributed by atoms with E-state index in [4.69, 9.17) is 16.3 Å². The molecule has 1 atom stereocenters. The van der Waals surface area contributed by atoms with Gasteiger partial charge >= 0.3 is 5.97 Å². The highest BCUT2D eigenvalue weighted by molar-refractivity contribution is 7.89. The highest BCUT2D eigenvalue weighted by Gasteiger charge is 2.46. The normalized spacial score (nSPS) is 17.9. The molecule has 1 unspecified atom stereocenters. The van der Waals surface area contributed by atoms with Gasteiger partial charge in [0.1, 0.15) is 0 Å². The first-order valence-electron chi connectivity index (χ1n) is 9.72. The molecule has 0 radical (unpaired) electrons. The summed E-state index contributed by atoms with van der Waals surface area (Å²) in [5.41, 5.74) is 1.57. The molecule has 0 fully saturated rings. The molecule has 4 rings (SSSR count). The second-order valence-electron chi connectivity index (χ2n) is 7.26. The Kier molecular flexibility index (Phi) is 5.85. The average molecular weight is 457 g/mol. The molecule has 3 aromatic rings. The number of rotatable bonds is 7. The highest BCUT2D eigenvalue weighted by Crippen LogP contribution is 2.40. The third-order valence-corrected chi connectivity index (χ3v) is 6.87. The van der Waals surface area contributed by atoms with Gasteiger partial charge in [-0.1, -0.05) is 59.6 Å². The largest absolute Gasteiger partial charge is 0.431 e. The molecule has 0 bridgehead atoms. The molecular weight excluding hydrogens is 436 g/mol. The molecular formula is C23H21ClN2O4S. The van der Waals surface area contributed by atoms with Gasteiger partial charge in [-0.25, -0.2) is 17.9 Å². The molecule has 0 saturated heterocycles. The Balaban J connectivity index is 1.55. The maximum Gasteiger partial charge on any atom is 0.340 e. The third-order valence-electron chi connectivity index (χ3n) is 5.15. The number of sulfonamides is 1. The van der Waals surface area contributed by atoms with E-state index in [1.165, 1.54) is 0 Å². The van der Waals surface area contributed by atoms with Gasteiger partial charge in [0.25, 0.3) is 0 Å². The number of cyclic esters (lactones) is 1. The number of aryl methyl sites for hydroxylation is 1. The Bertz CT molecular complexity index is 1210. The van der Waals surface area contributed by atoms with Gasteiger partial charge in [-0.05, 0) is 37.3 Å². The van der Waals surface area contributed by atoms with E-state index in [0.717, 1.165) is 5.56 Å². The van der Waals surface area contributed by atoms with E-state index >= 15 is 0 Å². The number of ether oxygens (including phenoxy) is 1. The fourth-order valence-electron chi connectivity index (χ4n) is 3.57. The van der Waals surface area contributed by atoms with Crippen molar-refractivity contribution >= 4 is 27.6 Å². The summed E-state index contributed by atoms with van der Waals surface area (Å²) in [7, 11) is -3.65. The zero-order chi connectivity index (χ0) is 22.1. The first kappa shape index (κ1) is 21.5. The van der Waals surface area contributed by atoms with E-state index < -0.39 is 21.7 Å². The van der Waals surface area contributed by atoms with Gasteiger partial charge in [-0.3, -0.25) is 5.32 Å². The van der Waals surface area contributed by atoms with Gasteiger partial charge in [0.05, 0.1) is 10.5 Å². The number of nitrogens with one attached hydrogen (secondary N) is 2. The second-order valence-corrected chi connectivity index (χ2v) is 9.46. The maximum atomic E-state index is 12.5. The molecule has 6 nitrogen and oxygen atoms in total. The molecule has 0 aliphatic carbocycles. The van der Waals surface area contributed by atoms with Crippen LogP contribution in [0.5, 0.6) is 0 Å². The van der Waals surface area contributed by atoms with E-state index in [0.29, 0.717) is 21.7 Å². The number of carbonyl (C=O) groups excluding carboxylic acids is 1. The van der Waals surface area contributed by atoms with Crippen LogP contribution in [0.4, 0.5) is 0 Å². The van der Waals surface area contributed by atoms with Gasteiger partial charge in [-0.2, -0.15) is 0 Å². The Morgan fingerprint density at radius 2 is 1.61 bits per heavy atom. The Labute approximate surface area is 186 Å². The maximum absolute atomic E-state index is 12.5. The van der Waals surface area contributed by atoms with E-state index in [1.807, 2.05) is 19.1 Å². The first-order valence-corrected chi connectivity index (χ1v) is 11.6. The van der Waals surface area contributed by atoms with Gasteiger partial charge in [-0.15, -0.1) is 0 Å². The molecule has 1 aliphatic rings. The fourth-order valence-corrected chi connectivity index (χ4v) is 4.73. The number of benzene rings is 3. The molecule has 0 amide bonds. The van der Waals surface area contributed by atoms with Crippen LogP contribution in [0.15, 0.2) is 77.7 Å². The molecule has 1 aliphatic heterocycles. The Morgan fingerprint density at radius 3 is 2.32 bits per heavy atom. The lowest BCUT2D eigenvalue weighted by Gasteiger charge is -2.30.